The standard InChI is InChI=1S/C53H81N13O6/c67-50-49(40-43-10-16-48(17-11-43)66(71)72)51(68)61-31-39-65(53(70)47-14-8-45(9-15-47)42-63-33-4-23-57-27-25-55-19-2-21-59-29-37-63)35-5-34-64(38-30-60-50)52(69)46-12-6-44(7-13-46)41-62-32-3-22-56-26-24-54-18-1-20-58-28-36-62/h6-17,49,54-59H,1-5,18-42H2,(H,60,67)(H,61,68). The third-order valence-corrected chi connectivity index (χ3v) is 13.5. The van der Waals surface area contributed by atoms with Gasteiger partial charge in [-0.25, -0.2) is 0 Å². The summed E-state index contributed by atoms with van der Waals surface area (Å²) in [6.45, 7) is 18.0. The zero-order valence-electron chi connectivity index (χ0n) is 42.4. The van der Waals surface area contributed by atoms with Crippen molar-refractivity contribution in [1.82, 2.24) is 62.1 Å². The minimum Gasteiger partial charge on any atom is -0.354 e. The average molecular weight is 996 g/mol. The van der Waals surface area contributed by atoms with Crippen molar-refractivity contribution < 1.29 is 24.1 Å². The van der Waals surface area contributed by atoms with Crippen LogP contribution in [-0.4, -0.2) is 192 Å². The summed E-state index contributed by atoms with van der Waals surface area (Å²) < 4.78 is 0. The van der Waals surface area contributed by atoms with Crippen LogP contribution in [0.15, 0.2) is 72.8 Å². The molecule has 6 rings (SSSR count). The van der Waals surface area contributed by atoms with Crippen LogP contribution in [0.2, 0.25) is 0 Å². The molecule has 3 aromatic rings. The molecule has 3 aliphatic heterocycles. The van der Waals surface area contributed by atoms with Gasteiger partial charge in [0.1, 0.15) is 5.92 Å². The number of rotatable bonds is 9. The Hall–Kier alpha value is -5.38. The maximum atomic E-state index is 14.3. The third kappa shape index (κ3) is 19.9. The molecule has 0 bridgehead atoms. The van der Waals surface area contributed by atoms with Crippen molar-refractivity contribution in [1.29, 1.82) is 0 Å². The van der Waals surface area contributed by atoms with E-state index >= 15 is 0 Å². The summed E-state index contributed by atoms with van der Waals surface area (Å²) in [5.41, 5.74) is 3.77. The average Bonchev–Trinajstić information content (AvgIpc) is 3.39. The van der Waals surface area contributed by atoms with Crippen molar-refractivity contribution >= 4 is 29.3 Å². The molecule has 3 aromatic carbocycles. The number of hydrogen-bond acceptors (Lipinski definition) is 14. The van der Waals surface area contributed by atoms with Gasteiger partial charge in [-0.05, 0) is 132 Å². The lowest BCUT2D eigenvalue weighted by Crippen LogP contribution is -2.48. The normalized spacial score (nSPS) is 19.9. The maximum Gasteiger partial charge on any atom is 0.269 e. The van der Waals surface area contributed by atoms with Gasteiger partial charge in [0.15, 0.2) is 0 Å². The highest BCUT2D eigenvalue weighted by Crippen LogP contribution is 2.18. The quantitative estimate of drug-likeness (QED) is 0.0864. The summed E-state index contributed by atoms with van der Waals surface area (Å²) in [7, 11) is 0. The first-order valence-corrected chi connectivity index (χ1v) is 26.5. The molecular weight excluding hydrogens is 915 g/mol. The number of hydrogen-bond donors (Lipinski definition) is 8. The van der Waals surface area contributed by atoms with Gasteiger partial charge < -0.3 is 52.3 Å². The number of nitro benzene ring substituents is 1. The smallest absolute Gasteiger partial charge is 0.269 e. The van der Waals surface area contributed by atoms with Crippen molar-refractivity contribution in [2.75, 3.05) is 144 Å². The third-order valence-electron chi connectivity index (χ3n) is 13.5. The second kappa shape index (κ2) is 31.9. The van der Waals surface area contributed by atoms with Crippen LogP contribution >= 0.6 is 0 Å². The van der Waals surface area contributed by atoms with E-state index in [-0.39, 0.29) is 50.1 Å². The topological polar surface area (TPSA) is 221 Å². The molecule has 3 heterocycles. The highest BCUT2D eigenvalue weighted by Gasteiger charge is 2.29. The molecule has 0 radical (unpaired) electrons. The molecule has 4 amide bonds. The Morgan fingerprint density at radius 2 is 0.833 bits per heavy atom. The number of carbonyl (C=O) groups excluding carboxylic acids is 4. The first-order valence-electron chi connectivity index (χ1n) is 26.5. The fourth-order valence-electron chi connectivity index (χ4n) is 9.29. The van der Waals surface area contributed by atoms with Crippen molar-refractivity contribution in [2.24, 2.45) is 5.92 Å². The number of nitrogens with zero attached hydrogens (tertiary/aromatic N) is 5. The van der Waals surface area contributed by atoms with Gasteiger partial charge >= 0.3 is 0 Å². The van der Waals surface area contributed by atoms with Crippen molar-refractivity contribution in [3.63, 3.8) is 0 Å². The van der Waals surface area contributed by atoms with E-state index in [9.17, 15) is 29.3 Å². The van der Waals surface area contributed by atoms with Crippen LogP contribution in [-0.2, 0) is 29.1 Å². The van der Waals surface area contributed by atoms with Crippen LogP contribution in [0, 0.1) is 16.0 Å². The van der Waals surface area contributed by atoms with E-state index < -0.39 is 22.7 Å². The minimum absolute atomic E-state index is 0.00470. The van der Waals surface area contributed by atoms with E-state index in [1.165, 1.54) is 12.1 Å². The van der Waals surface area contributed by atoms with E-state index in [1.807, 2.05) is 48.5 Å². The first-order chi connectivity index (χ1) is 35.2. The summed E-state index contributed by atoms with van der Waals surface area (Å²) >= 11 is 0. The van der Waals surface area contributed by atoms with E-state index in [1.54, 1.807) is 21.9 Å². The zero-order chi connectivity index (χ0) is 50.6. The number of amides is 4. The van der Waals surface area contributed by atoms with Crippen LogP contribution < -0.4 is 42.5 Å². The Balaban J connectivity index is 1.14. The molecule has 394 valence electrons. The monoisotopic (exact) mass is 996 g/mol. The highest BCUT2D eigenvalue weighted by atomic mass is 16.6. The summed E-state index contributed by atoms with van der Waals surface area (Å²) in [6, 6.07) is 21.4. The molecule has 3 aliphatic rings. The molecule has 8 N–H and O–H groups in total. The molecule has 3 saturated heterocycles. The number of carbonyl (C=O) groups is 4. The lowest BCUT2D eigenvalue weighted by Gasteiger charge is -2.28. The van der Waals surface area contributed by atoms with E-state index in [4.69, 9.17) is 0 Å². The van der Waals surface area contributed by atoms with E-state index in [0.717, 1.165) is 155 Å². The number of benzene rings is 3. The minimum atomic E-state index is -1.16. The largest absolute Gasteiger partial charge is 0.354 e. The van der Waals surface area contributed by atoms with E-state index in [0.29, 0.717) is 36.2 Å². The predicted octanol–water partition coefficient (Wildman–Crippen LogP) is 1.40. The van der Waals surface area contributed by atoms with E-state index in [2.05, 4.69) is 52.3 Å². The summed E-state index contributed by atoms with van der Waals surface area (Å²) in [4.78, 5) is 75.4. The fourth-order valence-corrected chi connectivity index (χ4v) is 9.29. The summed E-state index contributed by atoms with van der Waals surface area (Å²) in [6.07, 6.45) is 4.72. The molecule has 72 heavy (non-hydrogen) atoms. The van der Waals surface area contributed by atoms with Crippen LogP contribution in [0.4, 0.5) is 5.69 Å². The Morgan fingerprint density at radius 3 is 1.25 bits per heavy atom. The molecule has 0 aliphatic carbocycles. The first kappa shape index (κ1) is 55.9. The van der Waals surface area contributed by atoms with Crippen molar-refractivity contribution in [2.45, 2.75) is 51.6 Å². The molecule has 19 nitrogen and oxygen atoms in total. The number of nitro groups is 1. The summed E-state index contributed by atoms with van der Waals surface area (Å²) in [5.74, 6) is -2.58. The van der Waals surface area contributed by atoms with Gasteiger partial charge in [0.25, 0.3) is 17.5 Å². The van der Waals surface area contributed by atoms with Crippen LogP contribution in [0.25, 0.3) is 0 Å². The molecular formula is C53H81N13O6. The van der Waals surface area contributed by atoms with Gasteiger partial charge in [-0.15, -0.1) is 0 Å². The number of nitrogens with one attached hydrogen (secondary N) is 8. The van der Waals surface area contributed by atoms with Crippen LogP contribution in [0.3, 0.4) is 0 Å². The van der Waals surface area contributed by atoms with Crippen LogP contribution in [0.1, 0.15) is 69.5 Å². The van der Waals surface area contributed by atoms with Crippen LogP contribution in [0.5, 0.6) is 0 Å². The maximum absolute atomic E-state index is 14.3. The Labute approximate surface area is 426 Å². The second-order valence-electron chi connectivity index (χ2n) is 19.1. The van der Waals surface area contributed by atoms with Gasteiger partial charge in [0.2, 0.25) is 11.8 Å². The molecule has 3 fully saturated rings. The van der Waals surface area contributed by atoms with Gasteiger partial charge in [-0.2, -0.15) is 0 Å². The van der Waals surface area contributed by atoms with Gasteiger partial charge in [-0.1, -0.05) is 36.4 Å². The zero-order valence-corrected chi connectivity index (χ0v) is 42.4. The second-order valence-corrected chi connectivity index (χ2v) is 19.1. The lowest BCUT2D eigenvalue weighted by atomic mass is 9.97. The highest BCUT2D eigenvalue weighted by molar-refractivity contribution is 6.00. The molecule has 0 unspecified atom stereocenters. The lowest BCUT2D eigenvalue weighted by molar-refractivity contribution is -0.384. The predicted molar refractivity (Wildman–Crippen MR) is 282 cm³/mol. The van der Waals surface area contributed by atoms with Gasteiger partial charge in [0, 0.05) is 128 Å². The Kier molecular flexibility index (Phi) is 24.8. The number of non-ortho nitro benzene ring substituents is 1. The molecule has 0 saturated carbocycles. The Morgan fingerprint density at radius 1 is 0.444 bits per heavy atom. The fraction of sp³-hybridized carbons (Fsp3) is 0.585. The van der Waals surface area contributed by atoms with Crippen molar-refractivity contribution in [3.05, 3.63) is 111 Å². The molecule has 0 spiro atoms. The van der Waals surface area contributed by atoms with Crippen molar-refractivity contribution in [3.8, 4) is 0 Å². The van der Waals surface area contributed by atoms with Gasteiger partial charge in [-0.3, -0.25) is 39.1 Å². The SMILES string of the molecule is O=C1NCCN(C(=O)c2ccc(CN3CCCNCCNCCCNCC3)cc2)CCCN(C(=O)c2ccc(CN3CCCNCCNCCCNCC3)cc2)CCNC(=O)C1Cc1ccc([N+](=O)[O-])cc1. The molecule has 0 atom stereocenters. The molecule has 0 aromatic heterocycles. The summed E-state index contributed by atoms with van der Waals surface area (Å²) in [5, 5.41) is 38.3. The Bertz CT molecular complexity index is 1950. The molecule has 19 heteroatoms. The van der Waals surface area contributed by atoms with Gasteiger partial charge in [0.05, 0.1) is 4.92 Å².